The molecule has 90 valence electrons. The Bertz CT molecular complexity index is 354. The molecule has 0 aromatic carbocycles. The van der Waals surface area contributed by atoms with E-state index in [1.807, 2.05) is 20.8 Å². The second-order valence-corrected chi connectivity index (χ2v) is 4.41. The maximum absolute atomic E-state index is 11.3. The molecule has 0 spiro atoms. The summed E-state index contributed by atoms with van der Waals surface area (Å²) in [6, 6.07) is 0. The first kappa shape index (κ1) is 12.5. The van der Waals surface area contributed by atoms with Gasteiger partial charge < -0.3 is 14.6 Å². The van der Waals surface area contributed by atoms with E-state index >= 15 is 0 Å². The summed E-state index contributed by atoms with van der Waals surface area (Å²) < 4.78 is 9.86. The van der Waals surface area contributed by atoms with Crippen molar-refractivity contribution in [3.63, 3.8) is 0 Å². The molecule has 1 heterocycles. The highest BCUT2D eigenvalue weighted by Gasteiger charge is 2.15. The molecule has 0 saturated carbocycles. The Balaban J connectivity index is 2.23. The molecule has 0 radical (unpaired) electrons. The summed E-state index contributed by atoms with van der Waals surface area (Å²) in [4.78, 5) is 15.3. The second-order valence-electron chi connectivity index (χ2n) is 4.41. The number of aryl methyl sites for hydroxylation is 1. The van der Waals surface area contributed by atoms with Crippen LogP contribution in [0.4, 0.5) is 4.79 Å². The highest BCUT2D eigenvalue weighted by molar-refractivity contribution is 5.67. The van der Waals surface area contributed by atoms with Crippen molar-refractivity contribution in [3.05, 3.63) is 11.7 Å². The monoisotopic (exact) mass is 227 g/mol. The van der Waals surface area contributed by atoms with E-state index in [2.05, 4.69) is 15.5 Å². The van der Waals surface area contributed by atoms with Crippen molar-refractivity contribution < 1.29 is 14.1 Å². The number of aromatic nitrogens is 2. The zero-order valence-electron chi connectivity index (χ0n) is 10.0. The fourth-order valence-corrected chi connectivity index (χ4v) is 1.03. The van der Waals surface area contributed by atoms with Crippen LogP contribution < -0.4 is 5.32 Å². The number of hydrogen-bond acceptors (Lipinski definition) is 5. The molecule has 16 heavy (non-hydrogen) atoms. The Morgan fingerprint density at radius 1 is 1.50 bits per heavy atom. The van der Waals surface area contributed by atoms with Gasteiger partial charge in [-0.2, -0.15) is 4.98 Å². The highest BCUT2D eigenvalue weighted by Crippen LogP contribution is 2.06. The van der Waals surface area contributed by atoms with E-state index in [9.17, 15) is 4.79 Å². The van der Waals surface area contributed by atoms with Gasteiger partial charge in [-0.25, -0.2) is 4.79 Å². The maximum atomic E-state index is 11.3. The summed E-state index contributed by atoms with van der Waals surface area (Å²) in [6.45, 7) is 7.59. The Morgan fingerprint density at radius 3 is 2.69 bits per heavy atom. The molecule has 0 bridgehead atoms. The van der Waals surface area contributed by atoms with Crippen LogP contribution in [0, 0.1) is 6.92 Å². The first-order valence-electron chi connectivity index (χ1n) is 5.13. The van der Waals surface area contributed by atoms with E-state index in [0.717, 1.165) is 0 Å². The molecule has 0 aliphatic heterocycles. The predicted molar refractivity (Wildman–Crippen MR) is 57.0 cm³/mol. The van der Waals surface area contributed by atoms with E-state index in [-0.39, 0.29) is 0 Å². The minimum Gasteiger partial charge on any atom is -0.444 e. The molecule has 6 heteroatoms. The number of ether oxygens (including phenoxy) is 1. The molecule has 1 amide bonds. The van der Waals surface area contributed by atoms with Gasteiger partial charge in [0.2, 0.25) is 5.89 Å². The van der Waals surface area contributed by atoms with Crippen molar-refractivity contribution in [2.24, 2.45) is 0 Å². The third kappa shape index (κ3) is 4.77. The summed E-state index contributed by atoms with van der Waals surface area (Å²) in [5.74, 6) is 1.10. The zero-order valence-corrected chi connectivity index (χ0v) is 10.0. The standard InChI is InChI=1S/C10H17N3O3/c1-7-12-8(13-16-7)5-6-11-9(14)15-10(2,3)4/h5-6H2,1-4H3,(H,11,14). The SMILES string of the molecule is Cc1nc(CCNC(=O)OC(C)(C)C)no1. The van der Waals surface area contributed by atoms with Crippen LogP contribution in [0.2, 0.25) is 0 Å². The minimum absolute atomic E-state index is 0.424. The van der Waals surface area contributed by atoms with Crippen molar-refractivity contribution in [3.8, 4) is 0 Å². The normalized spacial score (nSPS) is 11.2. The van der Waals surface area contributed by atoms with Gasteiger partial charge in [0.05, 0.1) is 0 Å². The van der Waals surface area contributed by atoms with Gasteiger partial charge in [0.1, 0.15) is 5.60 Å². The van der Waals surface area contributed by atoms with E-state index in [1.54, 1.807) is 6.92 Å². The van der Waals surface area contributed by atoms with Crippen molar-refractivity contribution in [1.29, 1.82) is 0 Å². The van der Waals surface area contributed by atoms with Crippen LogP contribution in [0.5, 0.6) is 0 Å². The van der Waals surface area contributed by atoms with Gasteiger partial charge in [0.15, 0.2) is 5.82 Å². The van der Waals surface area contributed by atoms with Crippen LogP contribution in [0.15, 0.2) is 4.52 Å². The molecule has 0 fully saturated rings. The lowest BCUT2D eigenvalue weighted by atomic mass is 10.2. The number of alkyl carbamates (subject to hydrolysis) is 1. The second kappa shape index (κ2) is 4.96. The van der Waals surface area contributed by atoms with Crippen molar-refractivity contribution in [2.45, 2.75) is 39.7 Å². The first-order valence-corrected chi connectivity index (χ1v) is 5.13. The zero-order chi connectivity index (χ0) is 12.2. The van der Waals surface area contributed by atoms with Crippen LogP contribution in [0.3, 0.4) is 0 Å². The summed E-state index contributed by atoms with van der Waals surface area (Å²) in [5.41, 5.74) is -0.479. The first-order chi connectivity index (χ1) is 7.37. The van der Waals surface area contributed by atoms with Crippen LogP contribution in [-0.4, -0.2) is 28.4 Å². The highest BCUT2D eigenvalue weighted by atomic mass is 16.6. The Morgan fingerprint density at radius 2 is 2.19 bits per heavy atom. The van der Waals surface area contributed by atoms with E-state index < -0.39 is 11.7 Å². The molecule has 1 N–H and O–H groups in total. The molecule has 0 aliphatic carbocycles. The summed E-state index contributed by atoms with van der Waals surface area (Å²) >= 11 is 0. The molecule has 0 atom stereocenters. The average molecular weight is 227 g/mol. The third-order valence-electron chi connectivity index (χ3n) is 1.59. The number of carbonyl (C=O) groups is 1. The largest absolute Gasteiger partial charge is 0.444 e. The van der Waals surface area contributed by atoms with Crippen LogP contribution >= 0.6 is 0 Å². The third-order valence-corrected chi connectivity index (χ3v) is 1.59. The number of rotatable bonds is 3. The Labute approximate surface area is 94.4 Å². The summed E-state index contributed by atoms with van der Waals surface area (Å²) in [5, 5.41) is 6.32. The quantitative estimate of drug-likeness (QED) is 0.845. The smallest absolute Gasteiger partial charge is 0.407 e. The average Bonchev–Trinajstić information content (AvgIpc) is 2.48. The minimum atomic E-state index is -0.479. The Hall–Kier alpha value is -1.59. The van der Waals surface area contributed by atoms with Gasteiger partial charge in [0.25, 0.3) is 0 Å². The van der Waals surface area contributed by atoms with Gasteiger partial charge in [-0.3, -0.25) is 0 Å². The molecule has 0 aliphatic rings. The predicted octanol–water partition coefficient (Wildman–Crippen LogP) is 1.45. The number of amides is 1. The molecule has 1 aromatic heterocycles. The van der Waals surface area contributed by atoms with Gasteiger partial charge in [-0.15, -0.1) is 0 Å². The lowest BCUT2D eigenvalue weighted by molar-refractivity contribution is 0.0528. The molecule has 1 aromatic rings. The topological polar surface area (TPSA) is 77.2 Å². The van der Waals surface area contributed by atoms with E-state index in [0.29, 0.717) is 24.7 Å². The van der Waals surface area contributed by atoms with Crippen molar-refractivity contribution >= 4 is 6.09 Å². The Kier molecular flexibility index (Phi) is 3.87. The molecular weight excluding hydrogens is 210 g/mol. The van der Waals surface area contributed by atoms with Gasteiger partial charge in [-0.05, 0) is 20.8 Å². The fraction of sp³-hybridized carbons (Fsp3) is 0.700. The number of nitrogens with one attached hydrogen (secondary N) is 1. The van der Waals surface area contributed by atoms with Crippen molar-refractivity contribution in [2.75, 3.05) is 6.54 Å². The van der Waals surface area contributed by atoms with Crippen LogP contribution in [-0.2, 0) is 11.2 Å². The van der Waals surface area contributed by atoms with Crippen LogP contribution in [0.25, 0.3) is 0 Å². The van der Waals surface area contributed by atoms with E-state index in [4.69, 9.17) is 9.26 Å². The van der Waals surface area contributed by atoms with Gasteiger partial charge >= 0.3 is 6.09 Å². The number of hydrogen-bond donors (Lipinski definition) is 1. The maximum Gasteiger partial charge on any atom is 0.407 e. The molecule has 1 rings (SSSR count). The summed E-state index contributed by atoms with van der Waals surface area (Å²) in [6.07, 6.45) is 0.0871. The molecular formula is C10H17N3O3. The van der Waals surface area contributed by atoms with Gasteiger partial charge in [0, 0.05) is 19.9 Å². The lowest BCUT2D eigenvalue weighted by Crippen LogP contribution is -2.33. The molecule has 0 unspecified atom stereocenters. The summed E-state index contributed by atoms with van der Waals surface area (Å²) in [7, 11) is 0. The van der Waals surface area contributed by atoms with E-state index in [1.165, 1.54) is 0 Å². The lowest BCUT2D eigenvalue weighted by Gasteiger charge is -2.19. The molecule has 0 saturated heterocycles. The number of nitrogens with zero attached hydrogens (tertiary/aromatic N) is 2. The van der Waals surface area contributed by atoms with Gasteiger partial charge in [-0.1, -0.05) is 5.16 Å². The fourth-order valence-electron chi connectivity index (χ4n) is 1.03. The van der Waals surface area contributed by atoms with Crippen LogP contribution in [0.1, 0.15) is 32.5 Å². The molecule has 6 nitrogen and oxygen atoms in total. The van der Waals surface area contributed by atoms with Crippen molar-refractivity contribution in [1.82, 2.24) is 15.5 Å². The number of carbonyl (C=O) groups excluding carboxylic acids is 1.